The molecule has 8 saturated heterocycles. The summed E-state index contributed by atoms with van der Waals surface area (Å²) in [4.78, 5) is 37.0. The number of methoxy groups -OCH3 is 2. The van der Waals surface area contributed by atoms with Gasteiger partial charge in [-0.3, -0.25) is 24.3 Å². The second-order valence-corrected chi connectivity index (χ2v) is 21.1. The lowest BCUT2D eigenvalue weighted by Gasteiger charge is -2.44. The number of unbranched alkanes of at least 4 members (excludes halogenated alkanes) is 4. The van der Waals surface area contributed by atoms with Crippen molar-refractivity contribution in [3.8, 4) is 72.6 Å². The molecule has 2 aromatic carbocycles. The van der Waals surface area contributed by atoms with Gasteiger partial charge in [0.2, 0.25) is 0 Å². The molecule has 6 atom stereocenters. The average Bonchev–Trinajstić information content (AvgIpc) is 3.46. The van der Waals surface area contributed by atoms with Gasteiger partial charge in [0, 0.05) is 78.4 Å². The van der Waals surface area contributed by atoms with Gasteiger partial charge in [0.05, 0.1) is 12.2 Å². The highest BCUT2D eigenvalue weighted by Gasteiger charge is 2.38. The van der Waals surface area contributed by atoms with Crippen molar-refractivity contribution in [1.29, 1.82) is 0 Å². The molecule has 12 nitrogen and oxygen atoms in total. The fourth-order valence-electron chi connectivity index (χ4n) is 11.5. The second kappa shape index (κ2) is 36.5. The maximum absolute atomic E-state index is 12.4. The first-order valence-electron chi connectivity index (χ1n) is 28.4. The third kappa shape index (κ3) is 23.1. The van der Waals surface area contributed by atoms with Crippen LogP contribution < -0.4 is 5.73 Å². The molecule has 12 heteroatoms. The Morgan fingerprint density at radius 2 is 0.987 bits per heavy atom. The number of carbonyl (C=O) groups excluding carboxylic acids is 2. The molecule has 8 aliphatic rings. The number of hydrogen-bond donors (Lipinski definition) is 1. The maximum Gasteiger partial charge on any atom is 0.306 e. The summed E-state index contributed by atoms with van der Waals surface area (Å²) >= 11 is 0. The highest BCUT2D eigenvalue weighted by atomic mass is 16.5. The number of nitrogens with two attached hydrogens (primary N) is 1. The molecule has 0 saturated carbocycles. The Kier molecular flexibility index (Phi) is 29.5. The Morgan fingerprint density at radius 3 is 1.40 bits per heavy atom. The summed E-state index contributed by atoms with van der Waals surface area (Å²) < 4.78 is 23.1. The molecule has 0 aromatic heterocycles. The van der Waals surface area contributed by atoms with Gasteiger partial charge in [0.1, 0.15) is 12.2 Å². The summed E-state index contributed by atoms with van der Waals surface area (Å²) in [6, 6.07) is 22.1. The van der Waals surface area contributed by atoms with Crippen molar-refractivity contribution in [2.75, 3.05) is 92.8 Å². The lowest BCUT2D eigenvalue weighted by molar-refractivity contribution is -0.159. The van der Waals surface area contributed by atoms with Gasteiger partial charge in [-0.25, -0.2) is 0 Å². The van der Waals surface area contributed by atoms with Gasteiger partial charge < -0.3 is 34.5 Å². The lowest BCUT2D eigenvalue weighted by Crippen LogP contribution is -2.54. The van der Waals surface area contributed by atoms with Crippen LogP contribution >= 0.6 is 0 Å². The molecule has 8 heterocycles. The molecular weight excluding hydrogens is 961 g/mol. The first-order chi connectivity index (χ1) is 37.7. The molecule has 77 heavy (non-hydrogen) atoms. The molecule has 3 unspecified atom stereocenters. The van der Waals surface area contributed by atoms with Crippen molar-refractivity contribution in [2.24, 2.45) is 17.6 Å². The number of rotatable bonds is 21. The van der Waals surface area contributed by atoms with Crippen LogP contribution in [0.25, 0.3) is 0 Å². The Balaban J connectivity index is 0.000000244. The molecule has 10 rings (SSSR count). The van der Waals surface area contributed by atoms with E-state index in [0.717, 1.165) is 117 Å². The van der Waals surface area contributed by atoms with Crippen LogP contribution in [0.2, 0.25) is 0 Å². The van der Waals surface area contributed by atoms with E-state index in [4.69, 9.17) is 44.0 Å². The van der Waals surface area contributed by atoms with Crippen molar-refractivity contribution in [1.82, 2.24) is 24.5 Å². The van der Waals surface area contributed by atoms with Gasteiger partial charge in [0.25, 0.3) is 0 Å². The van der Waals surface area contributed by atoms with Crippen molar-refractivity contribution in [3.05, 3.63) is 71.8 Å². The van der Waals surface area contributed by atoms with Crippen LogP contribution in [0.4, 0.5) is 0 Å². The summed E-state index contributed by atoms with van der Waals surface area (Å²) in [5.74, 6) is 21.8. The van der Waals surface area contributed by atoms with Crippen molar-refractivity contribution in [2.45, 2.75) is 146 Å². The molecule has 8 aliphatic heterocycles. The van der Waals surface area contributed by atoms with Crippen LogP contribution in [0.15, 0.2) is 60.7 Å². The van der Waals surface area contributed by atoms with Crippen molar-refractivity contribution in [3.63, 3.8) is 0 Å². The first-order valence-corrected chi connectivity index (χ1v) is 28.4. The fourth-order valence-corrected chi connectivity index (χ4v) is 11.5. The van der Waals surface area contributed by atoms with Gasteiger partial charge in [-0.15, -0.1) is 19.3 Å². The number of likely N-dealkylation sites (tertiary alicyclic amines) is 2. The van der Waals surface area contributed by atoms with Gasteiger partial charge in [0.15, 0.2) is 0 Å². The Bertz CT molecular complexity index is 2290. The SMILES string of the molecule is C#CC#CC#C.C#CC#CC#CC.CO[C@H]1CN(CCCCCC(=O)OC2CN3CCC2CC3)CCC1N.CO[C@H]1CN(CCCCCC(=O)OC2CN3CCC2CC3)CC[C@H]1N(Cc1ccccc1)Cc1ccccc1. The quantitative estimate of drug-likeness (QED) is 0.0782. The van der Waals surface area contributed by atoms with Crippen molar-refractivity contribution >= 4 is 11.9 Å². The summed E-state index contributed by atoms with van der Waals surface area (Å²) in [7, 11) is 3.61. The summed E-state index contributed by atoms with van der Waals surface area (Å²) in [5.41, 5.74) is 8.74. The standard InChI is InChI=1S/C33H47N3O3.C19H35N3O3.C7H4.C6H2/c1-38-32-26-34(19-10-4-9-15-33(37)39-31-25-35-20-16-29(31)17-21-35)22-18-30(32)36(23-27-11-5-2-6-12-27)24-28-13-7-3-8-14-28;1-24-18-14-21(12-8-16(18)20)9-4-2-3-5-19(23)25-17-13-22-10-6-15(17)7-11-22;1-3-5-7-6-4-2;1-3-5-6-4-2/h2-3,5-8,11-14,29-32H,4,9-10,15-26H2,1H3;15-18H,2-14,20H2,1H3;1H,2H3;1-2H/t30-,31?,32+;16?,17?,18-;;/m10../s1. The highest BCUT2D eigenvalue weighted by molar-refractivity contribution is 5.70. The third-order valence-electron chi connectivity index (χ3n) is 15.8. The Hall–Kier alpha value is -5.58. The Labute approximate surface area is 464 Å². The second-order valence-electron chi connectivity index (χ2n) is 21.1. The van der Waals surface area contributed by atoms with Gasteiger partial charge >= 0.3 is 11.9 Å². The number of esters is 2. The number of nitrogens with zero attached hydrogens (tertiary/aromatic N) is 5. The maximum atomic E-state index is 12.4. The zero-order valence-electron chi connectivity index (χ0n) is 46.7. The number of ether oxygens (including phenoxy) is 4. The van der Waals surface area contributed by atoms with E-state index in [1.807, 2.05) is 7.11 Å². The minimum absolute atomic E-state index is 0.00198. The van der Waals surface area contributed by atoms with Crippen molar-refractivity contribution < 1.29 is 28.5 Å². The van der Waals surface area contributed by atoms with Crippen LogP contribution in [0.1, 0.15) is 108 Å². The summed E-state index contributed by atoms with van der Waals surface area (Å²) in [5, 5.41) is 0. The normalized spacial score (nSPS) is 25.8. The van der Waals surface area contributed by atoms with E-state index < -0.39 is 0 Å². The monoisotopic (exact) mass is 1050 g/mol. The molecular formula is C65H88N6O6. The van der Waals surface area contributed by atoms with E-state index in [1.54, 1.807) is 14.0 Å². The molecule has 8 fully saturated rings. The highest BCUT2D eigenvalue weighted by Crippen LogP contribution is 2.31. The molecule has 414 valence electrons. The minimum atomic E-state index is 0.00198. The predicted molar refractivity (Wildman–Crippen MR) is 308 cm³/mol. The molecule has 4 bridgehead atoms. The molecule has 0 radical (unpaired) electrons. The zero-order valence-corrected chi connectivity index (χ0v) is 46.7. The van der Waals surface area contributed by atoms with Crippen LogP contribution in [0.3, 0.4) is 0 Å². The summed E-state index contributed by atoms with van der Waals surface area (Å²) in [6.07, 6.45) is 29.0. The molecule has 0 spiro atoms. The van der Waals surface area contributed by atoms with Crippen LogP contribution in [-0.4, -0.2) is 166 Å². The van der Waals surface area contributed by atoms with Crippen LogP contribution in [0.5, 0.6) is 0 Å². The summed E-state index contributed by atoms with van der Waals surface area (Å²) in [6.45, 7) is 16.4. The van der Waals surface area contributed by atoms with E-state index in [0.29, 0.717) is 30.7 Å². The van der Waals surface area contributed by atoms with Crippen LogP contribution in [-0.2, 0) is 41.6 Å². The lowest BCUT2D eigenvalue weighted by atomic mass is 9.86. The average molecular weight is 1050 g/mol. The van der Waals surface area contributed by atoms with E-state index in [2.05, 4.69) is 138 Å². The van der Waals surface area contributed by atoms with Gasteiger partial charge in [-0.1, -0.05) is 79.4 Å². The van der Waals surface area contributed by atoms with E-state index in [-0.39, 0.29) is 42.4 Å². The minimum Gasteiger partial charge on any atom is -0.461 e. The first kappa shape index (κ1) is 62.3. The molecule has 2 N–H and O–H groups in total. The largest absolute Gasteiger partial charge is 0.461 e. The number of hydrogen-bond acceptors (Lipinski definition) is 12. The third-order valence-corrected chi connectivity index (χ3v) is 15.8. The molecule has 0 aliphatic carbocycles. The number of carbonyl (C=O) groups is 2. The van der Waals surface area contributed by atoms with Crippen LogP contribution in [0, 0.1) is 84.4 Å². The Morgan fingerprint density at radius 1 is 0.545 bits per heavy atom. The number of fused-ring (bicyclic) bond motifs is 6. The van der Waals surface area contributed by atoms with E-state index in [1.165, 1.54) is 63.0 Å². The zero-order chi connectivity index (χ0) is 54.9. The molecule has 2 aromatic rings. The number of terminal acetylenes is 3. The topological polar surface area (TPSA) is 113 Å². The predicted octanol–water partition coefficient (Wildman–Crippen LogP) is 7.11. The van der Waals surface area contributed by atoms with E-state index >= 15 is 0 Å². The molecule has 0 amide bonds. The number of piperidine rings is 8. The van der Waals surface area contributed by atoms with Gasteiger partial charge in [-0.2, -0.15) is 0 Å². The fraction of sp³-hybridized carbons (Fsp3) is 0.600. The number of benzene rings is 2. The smallest absolute Gasteiger partial charge is 0.306 e. The van der Waals surface area contributed by atoms with E-state index in [9.17, 15) is 9.59 Å². The van der Waals surface area contributed by atoms with Gasteiger partial charge in [-0.05, 0) is 194 Å².